The van der Waals surface area contributed by atoms with Crippen LogP contribution in [-0.4, -0.2) is 15.5 Å². The molecule has 2 rings (SSSR count). The number of hydrogen-bond donors (Lipinski definition) is 1. The third-order valence-corrected chi connectivity index (χ3v) is 4.57. The van der Waals surface area contributed by atoms with Crippen LogP contribution in [0.2, 0.25) is 0 Å². The fourth-order valence-electron chi connectivity index (χ4n) is 1.83. The van der Waals surface area contributed by atoms with E-state index < -0.39 is 15.8 Å². The molecular weight excluding hydrogens is 293 g/mol. The van der Waals surface area contributed by atoms with Gasteiger partial charge in [0.2, 0.25) is 0 Å². The molecule has 0 amide bonds. The molecule has 112 valence electrons. The lowest BCUT2D eigenvalue weighted by Gasteiger charge is -2.10. The first-order valence-electron chi connectivity index (χ1n) is 6.27. The summed E-state index contributed by atoms with van der Waals surface area (Å²) >= 11 is 0. The Morgan fingerprint density at radius 1 is 1.05 bits per heavy atom. The number of anilines is 1. The van der Waals surface area contributed by atoms with E-state index in [2.05, 4.69) is 4.72 Å². The third-order valence-electron chi connectivity index (χ3n) is 3.19. The van der Waals surface area contributed by atoms with E-state index in [-0.39, 0.29) is 16.3 Å². The van der Waals surface area contributed by atoms with Crippen molar-refractivity contribution in [1.82, 2.24) is 0 Å². The second kappa shape index (κ2) is 5.73. The number of sulfonamides is 1. The molecule has 0 spiro atoms. The summed E-state index contributed by atoms with van der Waals surface area (Å²) in [6.07, 6.45) is 0. The summed E-state index contributed by atoms with van der Waals surface area (Å²) in [7, 11) is -2.40. The summed E-state index contributed by atoms with van der Waals surface area (Å²) in [5.74, 6) is -0.568. The topological polar surface area (TPSA) is 55.4 Å². The number of methoxy groups -OCH3 is 1. The molecule has 0 bridgehead atoms. The Labute approximate surface area is 123 Å². The van der Waals surface area contributed by atoms with Crippen molar-refractivity contribution < 1.29 is 17.5 Å². The van der Waals surface area contributed by atoms with Gasteiger partial charge in [0.15, 0.2) is 11.6 Å². The summed E-state index contributed by atoms with van der Waals surface area (Å²) in [5.41, 5.74) is 2.02. The van der Waals surface area contributed by atoms with E-state index in [1.165, 1.54) is 25.3 Å². The number of aryl methyl sites for hydroxylation is 2. The Kier molecular flexibility index (Phi) is 4.18. The monoisotopic (exact) mass is 309 g/mol. The van der Waals surface area contributed by atoms with Gasteiger partial charge in [-0.05, 0) is 49.2 Å². The maximum Gasteiger partial charge on any atom is 0.261 e. The molecule has 1 N–H and O–H groups in total. The Hall–Kier alpha value is -2.08. The number of rotatable bonds is 4. The van der Waals surface area contributed by atoms with Gasteiger partial charge >= 0.3 is 0 Å². The van der Waals surface area contributed by atoms with E-state index in [9.17, 15) is 12.8 Å². The average Bonchev–Trinajstić information content (AvgIpc) is 2.41. The average molecular weight is 309 g/mol. The standard InChI is InChI=1S/C15H16FNO3S/c1-10-4-6-13(8-11(10)2)21(18,19)17-12-5-7-15(20-3)14(16)9-12/h4-9,17H,1-3H3. The molecule has 0 aliphatic carbocycles. The molecule has 0 aromatic heterocycles. The number of halogens is 1. The summed E-state index contributed by atoms with van der Waals surface area (Å²) < 4.78 is 45.3. The SMILES string of the molecule is COc1ccc(NS(=O)(=O)c2ccc(C)c(C)c2)cc1F. The summed E-state index contributed by atoms with van der Waals surface area (Å²) in [6, 6.07) is 8.73. The predicted molar refractivity (Wildman–Crippen MR) is 79.7 cm³/mol. The molecule has 21 heavy (non-hydrogen) atoms. The van der Waals surface area contributed by atoms with Gasteiger partial charge in [0.25, 0.3) is 10.0 Å². The van der Waals surface area contributed by atoms with E-state index in [1.807, 2.05) is 13.8 Å². The normalized spacial score (nSPS) is 11.2. The highest BCUT2D eigenvalue weighted by Crippen LogP contribution is 2.23. The van der Waals surface area contributed by atoms with Gasteiger partial charge in [-0.15, -0.1) is 0 Å². The quantitative estimate of drug-likeness (QED) is 0.943. The Balaban J connectivity index is 2.32. The zero-order chi connectivity index (χ0) is 15.6. The van der Waals surface area contributed by atoms with Gasteiger partial charge in [0, 0.05) is 6.07 Å². The van der Waals surface area contributed by atoms with Crippen LogP contribution in [0.4, 0.5) is 10.1 Å². The van der Waals surface area contributed by atoms with Crippen LogP contribution in [-0.2, 0) is 10.0 Å². The second-order valence-corrected chi connectivity index (χ2v) is 6.38. The van der Waals surface area contributed by atoms with Gasteiger partial charge in [-0.3, -0.25) is 4.72 Å². The molecule has 0 atom stereocenters. The van der Waals surface area contributed by atoms with Crippen molar-refractivity contribution in [2.75, 3.05) is 11.8 Å². The number of nitrogens with one attached hydrogen (secondary N) is 1. The Morgan fingerprint density at radius 2 is 1.76 bits per heavy atom. The van der Waals surface area contributed by atoms with Crippen molar-refractivity contribution in [1.29, 1.82) is 0 Å². The lowest BCUT2D eigenvalue weighted by molar-refractivity contribution is 0.386. The van der Waals surface area contributed by atoms with Crippen LogP contribution in [0.25, 0.3) is 0 Å². The highest BCUT2D eigenvalue weighted by atomic mass is 32.2. The molecule has 0 fully saturated rings. The second-order valence-electron chi connectivity index (χ2n) is 4.70. The maximum absolute atomic E-state index is 13.6. The van der Waals surface area contributed by atoms with Crippen LogP contribution in [0.15, 0.2) is 41.3 Å². The maximum atomic E-state index is 13.6. The van der Waals surface area contributed by atoms with Gasteiger partial charge in [-0.25, -0.2) is 12.8 Å². The highest BCUT2D eigenvalue weighted by molar-refractivity contribution is 7.92. The van der Waals surface area contributed by atoms with E-state index in [1.54, 1.807) is 12.1 Å². The lowest BCUT2D eigenvalue weighted by Crippen LogP contribution is -2.13. The first kappa shape index (κ1) is 15.3. The van der Waals surface area contributed by atoms with Gasteiger partial charge in [-0.1, -0.05) is 6.07 Å². The largest absolute Gasteiger partial charge is 0.494 e. The first-order valence-corrected chi connectivity index (χ1v) is 7.75. The van der Waals surface area contributed by atoms with Crippen LogP contribution < -0.4 is 9.46 Å². The summed E-state index contributed by atoms with van der Waals surface area (Å²) in [6.45, 7) is 3.74. The number of benzene rings is 2. The third kappa shape index (κ3) is 3.33. The van der Waals surface area contributed by atoms with Gasteiger partial charge in [-0.2, -0.15) is 0 Å². The zero-order valence-electron chi connectivity index (χ0n) is 12.0. The van der Waals surface area contributed by atoms with E-state index in [4.69, 9.17) is 4.74 Å². The number of ether oxygens (including phenoxy) is 1. The molecule has 6 heteroatoms. The van der Waals surface area contributed by atoms with Gasteiger partial charge < -0.3 is 4.74 Å². The molecule has 4 nitrogen and oxygen atoms in total. The van der Waals surface area contributed by atoms with Crippen molar-refractivity contribution >= 4 is 15.7 Å². The molecule has 0 aliphatic heterocycles. The molecule has 2 aromatic carbocycles. The molecule has 0 unspecified atom stereocenters. The van der Waals surface area contributed by atoms with Crippen LogP contribution >= 0.6 is 0 Å². The summed E-state index contributed by atoms with van der Waals surface area (Å²) in [4.78, 5) is 0.141. The van der Waals surface area contributed by atoms with E-state index in [0.717, 1.165) is 17.2 Å². The molecular formula is C15H16FNO3S. The number of hydrogen-bond acceptors (Lipinski definition) is 3. The van der Waals surface area contributed by atoms with Crippen LogP contribution in [0.3, 0.4) is 0 Å². The Morgan fingerprint density at radius 3 is 2.33 bits per heavy atom. The minimum Gasteiger partial charge on any atom is -0.494 e. The summed E-state index contributed by atoms with van der Waals surface area (Å²) in [5, 5.41) is 0. The van der Waals surface area contributed by atoms with Crippen molar-refractivity contribution in [3.05, 3.63) is 53.3 Å². The molecule has 0 saturated heterocycles. The predicted octanol–water partition coefficient (Wildman–Crippen LogP) is 3.25. The fraction of sp³-hybridized carbons (Fsp3) is 0.200. The zero-order valence-corrected chi connectivity index (χ0v) is 12.8. The Bertz CT molecular complexity index is 772. The van der Waals surface area contributed by atoms with E-state index in [0.29, 0.717) is 0 Å². The molecule has 0 heterocycles. The van der Waals surface area contributed by atoms with Gasteiger partial charge in [0.1, 0.15) is 0 Å². The fourth-order valence-corrected chi connectivity index (χ4v) is 2.96. The minimum absolute atomic E-state index is 0.0594. The minimum atomic E-state index is -3.75. The smallest absolute Gasteiger partial charge is 0.261 e. The van der Waals surface area contributed by atoms with Crippen molar-refractivity contribution in [2.24, 2.45) is 0 Å². The van der Waals surface area contributed by atoms with Crippen molar-refractivity contribution in [3.63, 3.8) is 0 Å². The lowest BCUT2D eigenvalue weighted by atomic mass is 10.1. The first-order chi connectivity index (χ1) is 9.83. The van der Waals surface area contributed by atoms with Crippen LogP contribution in [0, 0.1) is 19.7 Å². The van der Waals surface area contributed by atoms with Crippen molar-refractivity contribution in [3.8, 4) is 5.75 Å². The highest BCUT2D eigenvalue weighted by Gasteiger charge is 2.15. The van der Waals surface area contributed by atoms with Crippen molar-refractivity contribution in [2.45, 2.75) is 18.7 Å². The molecule has 0 saturated carbocycles. The molecule has 2 aromatic rings. The van der Waals surface area contributed by atoms with Crippen LogP contribution in [0.5, 0.6) is 5.75 Å². The molecule has 0 aliphatic rings. The van der Waals surface area contributed by atoms with E-state index >= 15 is 0 Å². The molecule has 0 radical (unpaired) electrons. The van der Waals surface area contributed by atoms with Crippen LogP contribution in [0.1, 0.15) is 11.1 Å². The van der Waals surface area contributed by atoms with Gasteiger partial charge in [0.05, 0.1) is 17.7 Å².